The normalized spacial score (nSPS) is 12.2. The average Bonchev–Trinajstić information content (AvgIpc) is 3.31. The number of nitrogens with one attached hydrogen (secondary N) is 1. The number of hydrogen-bond donors (Lipinski definition) is 1. The molecule has 0 aliphatic heterocycles. The number of ether oxygens (including phenoxy) is 1. The Morgan fingerprint density at radius 2 is 1.94 bits per heavy atom. The highest BCUT2D eigenvalue weighted by Gasteiger charge is 2.22. The number of aryl methyl sites for hydroxylation is 3. The van der Waals surface area contributed by atoms with Gasteiger partial charge in [-0.15, -0.1) is 0 Å². The van der Waals surface area contributed by atoms with Crippen LogP contribution in [0.2, 0.25) is 0 Å². The lowest BCUT2D eigenvalue weighted by molar-refractivity contribution is 0.0941. The summed E-state index contributed by atoms with van der Waals surface area (Å²) < 4.78 is 8.90. The Kier molecular flexibility index (Phi) is 5.69. The Balaban J connectivity index is 1.75. The molecule has 0 saturated carbocycles. The second kappa shape index (κ2) is 8.45. The van der Waals surface area contributed by atoms with Crippen LogP contribution in [0.4, 0.5) is 0 Å². The number of carbonyl (C=O) groups is 1. The number of methoxy groups -OCH3 is 1. The van der Waals surface area contributed by atoms with Crippen molar-refractivity contribution in [1.29, 1.82) is 0 Å². The Hall–Kier alpha value is -3.68. The first kappa shape index (κ1) is 21.5. The molecule has 4 aromatic rings. The van der Waals surface area contributed by atoms with E-state index in [9.17, 15) is 4.79 Å². The number of nitrogens with zero attached hydrogens (tertiary/aromatic N) is 5. The van der Waals surface area contributed by atoms with Crippen molar-refractivity contribution >= 4 is 16.9 Å². The quantitative estimate of drug-likeness (QED) is 0.498. The van der Waals surface area contributed by atoms with Crippen molar-refractivity contribution in [2.24, 2.45) is 7.05 Å². The molecule has 3 heterocycles. The van der Waals surface area contributed by atoms with Crippen LogP contribution in [0, 0.1) is 13.8 Å². The molecule has 3 aromatic heterocycles. The molecule has 32 heavy (non-hydrogen) atoms. The maximum atomic E-state index is 13.5. The summed E-state index contributed by atoms with van der Waals surface area (Å²) in [6.45, 7) is 8.73. The summed E-state index contributed by atoms with van der Waals surface area (Å²) >= 11 is 0. The molecule has 0 fully saturated rings. The molecule has 1 aromatic carbocycles. The van der Waals surface area contributed by atoms with Gasteiger partial charge in [0.15, 0.2) is 5.65 Å². The van der Waals surface area contributed by atoms with Gasteiger partial charge in [-0.3, -0.25) is 14.2 Å². The highest BCUT2D eigenvalue weighted by Crippen LogP contribution is 2.28. The number of aromatic nitrogens is 5. The van der Waals surface area contributed by atoms with Gasteiger partial charge in [-0.2, -0.15) is 10.2 Å². The zero-order valence-corrected chi connectivity index (χ0v) is 19.3. The van der Waals surface area contributed by atoms with Crippen molar-refractivity contribution in [2.45, 2.75) is 40.3 Å². The molecule has 0 bridgehead atoms. The standard InChI is InChI=1S/C24H28N6O2/c1-7-30-16(4)20(13-25-30)14(2)26-24(31)19-12-21(17-8-10-18(32-6)11-9-17)27-23-22(19)15(3)28-29(23)5/h8-14H,7H2,1-6H3,(H,26,31)/t14-/m1/s1. The first-order chi connectivity index (χ1) is 15.3. The number of hydrogen-bond acceptors (Lipinski definition) is 5. The second-order valence-electron chi connectivity index (χ2n) is 7.89. The smallest absolute Gasteiger partial charge is 0.252 e. The lowest BCUT2D eigenvalue weighted by atomic mass is 10.0. The predicted molar refractivity (Wildman–Crippen MR) is 124 cm³/mol. The molecule has 0 spiro atoms. The molecule has 0 aliphatic carbocycles. The third kappa shape index (κ3) is 3.72. The van der Waals surface area contributed by atoms with Crippen LogP contribution in [-0.2, 0) is 13.6 Å². The number of fused-ring (bicyclic) bond motifs is 1. The third-order valence-electron chi connectivity index (χ3n) is 5.85. The topological polar surface area (TPSA) is 86.9 Å². The van der Waals surface area contributed by atoms with E-state index in [-0.39, 0.29) is 11.9 Å². The van der Waals surface area contributed by atoms with Gasteiger partial charge in [0.2, 0.25) is 0 Å². The summed E-state index contributed by atoms with van der Waals surface area (Å²) in [4.78, 5) is 18.2. The molecule has 1 amide bonds. The van der Waals surface area contributed by atoms with E-state index in [1.54, 1.807) is 11.8 Å². The Morgan fingerprint density at radius 3 is 2.56 bits per heavy atom. The maximum absolute atomic E-state index is 13.5. The summed E-state index contributed by atoms with van der Waals surface area (Å²) in [6.07, 6.45) is 1.82. The first-order valence-electron chi connectivity index (χ1n) is 10.7. The van der Waals surface area contributed by atoms with Crippen LogP contribution in [-0.4, -0.2) is 37.6 Å². The van der Waals surface area contributed by atoms with E-state index in [0.29, 0.717) is 16.9 Å². The van der Waals surface area contributed by atoms with E-state index < -0.39 is 0 Å². The number of benzene rings is 1. The summed E-state index contributed by atoms with van der Waals surface area (Å²) in [5.41, 5.74) is 5.65. The predicted octanol–water partition coefficient (Wildman–Crippen LogP) is 3.97. The molecule has 4 rings (SSSR count). The van der Waals surface area contributed by atoms with Crippen molar-refractivity contribution in [3.05, 3.63) is 59.0 Å². The van der Waals surface area contributed by atoms with Crippen molar-refractivity contribution in [1.82, 2.24) is 29.9 Å². The molecule has 0 radical (unpaired) electrons. The van der Waals surface area contributed by atoms with Crippen molar-refractivity contribution in [2.75, 3.05) is 7.11 Å². The minimum absolute atomic E-state index is 0.167. The SMILES string of the molecule is CCn1ncc([C@@H](C)NC(=O)c2cc(-c3ccc(OC)cc3)nc3c2c(C)nn3C)c1C. The fourth-order valence-corrected chi connectivity index (χ4v) is 4.09. The number of pyridine rings is 1. The van der Waals surface area contributed by atoms with Crippen LogP contribution < -0.4 is 10.1 Å². The minimum Gasteiger partial charge on any atom is -0.497 e. The molecular formula is C24H28N6O2. The summed E-state index contributed by atoms with van der Waals surface area (Å²) in [7, 11) is 3.47. The van der Waals surface area contributed by atoms with Gasteiger partial charge in [-0.25, -0.2) is 4.98 Å². The lowest BCUT2D eigenvalue weighted by Gasteiger charge is -2.15. The van der Waals surface area contributed by atoms with Crippen molar-refractivity contribution < 1.29 is 9.53 Å². The van der Waals surface area contributed by atoms with Crippen molar-refractivity contribution in [3.8, 4) is 17.0 Å². The number of amides is 1. The second-order valence-corrected chi connectivity index (χ2v) is 7.89. The maximum Gasteiger partial charge on any atom is 0.252 e. The number of rotatable bonds is 6. The van der Waals surface area contributed by atoms with Gasteiger partial charge in [-0.05, 0) is 58.0 Å². The van der Waals surface area contributed by atoms with Gasteiger partial charge in [0.05, 0.1) is 41.7 Å². The highest BCUT2D eigenvalue weighted by molar-refractivity contribution is 6.07. The molecule has 8 heteroatoms. The molecule has 1 atom stereocenters. The van der Waals surface area contributed by atoms with Gasteiger partial charge in [-0.1, -0.05) is 0 Å². The highest BCUT2D eigenvalue weighted by atomic mass is 16.5. The summed E-state index contributed by atoms with van der Waals surface area (Å²) in [6, 6.07) is 9.28. The van der Waals surface area contributed by atoms with Crippen molar-refractivity contribution in [3.63, 3.8) is 0 Å². The molecule has 0 unspecified atom stereocenters. The Labute approximate surface area is 187 Å². The zero-order chi connectivity index (χ0) is 23.0. The minimum atomic E-state index is -0.188. The van der Waals surface area contributed by atoms with Crippen LogP contribution in [0.15, 0.2) is 36.5 Å². The summed E-state index contributed by atoms with van der Waals surface area (Å²) in [5, 5.41) is 12.8. The molecule has 1 N–H and O–H groups in total. The molecule has 0 aliphatic rings. The van der Waals surface area contributed by atoms with E-state index in [1.807, 2.05) is 76.0 Å². The Bertz CT molecular complexity index is 1290. The molecule has 166 valence electrons. The summed E-state index contributed by atoms with van der Waals surface area (Å²) in [5.74, 6) is 0.598. The average molecular weight is 433 g/mol. The fraction of sp³-hybridized carbons (Fsp3) is 0.333. The van der Waals surface area contributed by atoms with Gasteiger partial charge in [0.1, 0.15) is 5.75 Å². The van der Waals surface area contributed by atoms with E-state index in [4.69, 9.17) is 9.72 Å². The van der Waals surface area contributed by atoms with Gasteiger partial charge < -0.3 is 10.1 Å². The van der Waals surface area contributed by atoms with Crippen LogP contribution in [0.3, 0.4) is 0 Å². The van der Waals surface area contributed by atoms with Gasteiger partial charge >= 0.3 is 0 Å². The van der Waals surface area contributed by atoms with Gasteiger partial charge in [0.25, 0.3) is 5.91 Å². The molecule has 0 saturated heterocycles. The van der Waals surface area contributed by atoms with E-state index in [2.05, 4.69) is 15.5 Å². The van der Waals surface area contributed by atoms with E-state index in [1.165, 1.54) is 0 Å². The molecular weight excluding hydrogens is 404 g/mol. The molecule has 8 nitrogen and oxygen atoms in total. The largest absolute Gasteiger partial charge is 0.497 e. The van der Waals surface area contributed by atoms with Gasteiger partial charge in [0, 0.05) is 30.4 Å². The third-order valence-corrected chi connectivity index (χ3v) is 5.85. The first-order valence-corrected chi connectivity index (χ1v) is 10.7. The van der Waals surface area contributed by atoms with E-state index >= 15 is 0 Å². The van der Waals surface area contributed by atoms with Crippen LogP contribution >= 0.6 is 0 Å². The monoisotopic (exact) mass is 432 g/mol. The zero-order valence-electron chi connectivity index (χ0n) is 19.3. The van der Waals surface area contributed by atoms with E-state index in [0.717, 1.165) is 40.2 Å². The lowest BCUT2D eigenvalue weighted by Crippen LogP contribution is -2.27. The fourth-order valence-electron chi connectivity index (χ4n) is 4.09. The van der Waals surface area contributed by atoms with Crippen LogP contribution in [0.5, 0.6) is 5.75 Å². The Morgan fingerprint density at radius 1 is 1.22 bits per heavy atom. The van der Waals surface area contributed by atoms with Crippen LogP contribution in [0.1, 0.15) is 47.2 Å². The van der Waals surface area contributed by atoms with Crippen LogP contribution in [0.25, 0.3) is 22.3 Å². The number of carbonyl (C=O) groups excluding carboxylic acids is 1.